The van der Waals surface area contributed by atoms with E-state index in [1.807, 2.05) is 18.2 Å². The summed E-state index contributed by atoms with van der Waals surface area (Å²) in [5.74, 6) is 0. The van der Waals surface area contributed by atoms with Crippen LogP contribution in [0.5, 0.6) is 0 Å². The van der Waals surface area contributed by atoms with Crippen molar-refractivity contribution in [1.82, 2.24) is 10.2 Å². The highest BCUT2D eigenvalue weighted by molar-refractivity contribution is 6.35. The Hall–Kier alpha value is -0.280. The third-order valence-corrected chi connectivity index (χ3v) is 4.35. The van der Waals surface area contributed by atoms with Crippen LogP contribution in [0, 0.1) is 0 Å². The second-order valence-corrected chi connectivity index (χ2v) is 6.04. The molecule has 0 spiro atoms. The maximum atomic E-state index is 6.22. The molecule has 1 atom stereocenters. The lowest BCUT2D eigenvalue weighted by Crippen LogP contribution is -2.37. The van der Waals surface area contributed by atoms with Crippen molar-refractivity contribution in [2.75, 3.05) is 26.2 Å². The van der Waals surface area contributed by atoms with Crippen LogP contribution in [0.1, 0.15) is 25.3 Å². The van der Waals surface area contributed by atoms with Gasteiger partial charge in [-0.25, -0.2) is 0 Å². The van der Waals surface area contributed by atoms with Gasteiger partial charge in [-0.1, -0.05) is 36.2 Å². The largest absolute Gasteiger partial charge is 0.313 e. The van der Waals surface area contributed by atoms with E-state index in [1.165, 1.54) is 24.9 Å². The summed E-state index contributed by atoms with van der Waals surface area (Å²) in [6.07, 6.45) is 3.41. The highest BCUT2D eigenvalue weighted by Gasteiger charge is 2.16. The molecule has 0 aromatic heterocycles. The predicted molar refractivity (Wildman–Crippen MR) is 83.3 cm³/mol. The fourth-order valence-electron chi connectivity index (χ4n) is 2.56. The van der Waals surface area contributed by atoms with E-state index in [0.717, 1.165) is 31.1 Å². The van der Waals surface area contributed by atoms with Gasteiger partial charge in [0.05, 0.1) is 0 Å². The molecule has 1 aromatic rings. The summed E-state index contributed by atoms with van der Waals surface area (Å²) in [4.78, 5) is 2.54. The zero-order valence-corrected chi connectivity index (χ0v) is 13.0. The van der Waals surface area contributed by atoms with E-state index in [2.05, 4.69) is 17.1 Å². The van der Waals surface area contributed by atoms with E-state index in [9.17, 15) is 0 Å². The molecule has 1 saturated heterocycles. The standard InChI is InChI=1S/C15H22Cl2N2/c1-2-14-11-19(8-3-7-18-14)9-6-12-4-5-13(16)10-15(12)17/h4-5,10,14,18H,2-3,6-9,11H2,1H3. The Balaban J connectivity index is 1.90. The van der Waals surface area contributed by atoms with Crippen LogP contribution in [0.25, 0.3) is 0 Å². The number of hydrogen-bond donors (Lipinski definition) is 1. The van der Waals surface area contributed by atoms with Gasteiger partial charge in [-0.3, -0.25) is 0 Å². The van der Waals surface area contributed by atoms with Crippen LogP contribution in [0.15, 0.2) is 18.2 Å². The van der Waals surface area contributed by atoms with E-state index in [0.29, 0.717) is 11.1 Å². The van der Waals surface area contributed by atoms with Crippen LogP contribution >= 0.6 is 23.2 Å². The molecule has 1 unspecified atom stereocenters. The first kappa shape index (κ1) is 15.1. The third-order valence-electron chi connectivity index (χ3n) is 3.77. The molecule has 0 saturated carbocycles. The van der Waals surface area contributed by atoms with Gasteiger partial charge in [-0.2, -0.15) is 0 Å². The Morgan fingerprint density at radius 2 is 2.21 bits per heavy atom. The molecule has 0 radical (unpaired) electrons. The molecule has 1 heterocycles. The van der Waals surface area contributed by atoms with E-state index in [4.69, 9.17) is 23.2 Å². The van der Waals surface area contributed by atoms with Gasteiger partial charge in [0, 0.05) is 29.2 Å². The summed E-state index contributed by atoms with van der Waals surface area (Å²) in [6, 6.07) is 6.42. The molecule has 0 bridgehead atoms. The fourth-order valence-corrected chi connectivity index (χ4v) is 3.06. The summed E-state index contributed by atoms with van der Waals surface area (Å²) in [6.45, 7) is 6.77. The molecule has 1 fully saturated rings. The molecule has 1 aliphatic rings. The Bertz CT molecular complexity index is 409. The monoisotopic (exact) mass is 300 g/mol. The average Bonchev–Trinajstić information content (AvgIpc) is 2.63. The van der Waals surface area contributed by atoms with Crippen molar-refractivity contribution in [3.05, 3.63) is 33.8 Å². The lowest BCUT2D eigenvalue weighted by molar-refractivity contribution is 0.268. The fraction of sp³-hybridized carbons (Fsp3) is 0.600. The topological polar surface area (TPSA) is 15.3 Å². The maximum Gasteiger partial charge on any atom is 0.0453 e. The van der Waals surface area contributed by atoms with Crippen molar-refractivity contribution < 1.29 is 0 Å². The molecule has 2 rings (SSSR count). The van der Waals surface area contributed by atoms with Gasteiger partial charge in [-0.15, -0.1) is 0 Å². The van der Waals surface area contributed by atoms with Gasteiger partial charge in [0.2, 0.25) is 0 Å². The van der Waals surface area contributed by atoms with E-state index >= 15 is 0 Å². The average molecular weight is 301 g/mol. The minimum atomic E-state index is 0.628. The lowest BCUT2D eigenvalue weighted by atomic mass is 10.1. The van der Waals surface area contributed by atoms with Gasteiger partial charge in [-0.05, 0) is 50.0 Å². The van der Waals surface area contributed by atoms with Crippen molar-refractivity contribution in [3.8, 4) is 0 Å². The van der Waals surface area contributed by atoms with Gasteiger partial charge in [0.25, 0.3) is 0 Å². The highest BCUT2D eigenvalue weighted by Crippen LogP contribution is 2.21. The highest BCUT2D eigenvalue weighted by atomic mass is 35.5. The molecular weight excluding hydrogens is 279 g/mol. The van der Waals surface area contributed by atoms with Crippen molar-refractivity contribution in [3.63, 3.8) is 0 Å². The van der Waals surface area contributed by atoms with E-state index in [-0.39, 0.29) is 0 Å². The smallest absolute Gasteiger partial charge is 0.0453 e. The summed E-state index contributed by atoms with van der Waals surface area (Å²) in [5.41, 5.74) is 1.19. The Labute approximate surface area is 126 Å². The van der Waals surface area contributed by atoms with Gasteiger partial charge in [0.15, 0.2) is 0 Å². The van der Waals surface area contributed by atoms with Crippen molar-refractivity contribution >= 4 is 23.2 Å². The van der Waals surface area contributed by atoms with Crippen molar-refractivity contribution in [1.29, 1.82) is 0 Å². The number of nitrogens with one attached hydrogen (secondary N) is 1. The molecule has 2 nitrogen and oxygen atoms in total. The Kier molecular flexibility index (Phi) is 5.96. The third kappa shape index (κ3) is 4.64. The first-order valence-corrected chi connectivity index (χ1v) is 7.84. The molecule has 4 heteroatoms. The van der Waals surface area contributed by atoms with Crippen LogP contribution in [-0.4, -0.2) is 37.1 Å². The maximum absolute atomic E-state index is 6.22. The summed E-state index contributed by atoms with van der Waals surface area (Å²) in [7, 11) is 0. The second-order valence-electron chi connectivity index (χ2n) is 5.20. The zero-order chi connectivity index (χ0) is 13.7. The van der Waals surface area contributed by atoms with Gasteiger partial charge >= 0.3 is 0 Å². The molecule has 1 aromatic carbocycles. The van der Waals surface area contributed by atoms with Gasteiger partial charge < -0.3 is 10.2 Å². The molecular formula is C15H22Cl2N2. The predicted octanol–water partition coefficient (Wildman–Crippen LogP) is 3.61. The first-order chi connectivity index (χ1) is 9.19. The van der Waals surface area contributed by atoms with Crippen LogP contribution in [-0.2, 0) is 6.42 Å². The summed E-state index contributed by atoms with van der Waals surface area (Å²) in [5, 5.41) is 5.08. The quantitative estimate of drug-likeness (QED) is 0.914. The number of rotatable bonds is 4. The zero-order valence-electron chi connectivity index (χ0n) is 11.5. The SMILES string of the molecule is CCC1CN(CCc2ccc(Cl)cc2Cl)CCCN1. The molecule has 19 heavy (non-hydrogen) atoms. The summed E-state index contributed by atoms with van der Waals surface area (Å²) < 4.78 is 0. The minimum absolute atomic E-state index is 0.628. The Morgan fingerprint density at radius 3 is 2.95 bits per heavy atom. The number of hydrogen-bond acceptors (Lipinski definition) is 2. The van der Waals surface area contributed by atoms with Crippen LogP contribution in [0.2, 0.25) is 10.0 Å². The van der Waals surface area contributed by atoms with Crippen molar-refractivity contribution in [2.45, 2.75) is 32.2 Å². The number of halogens is 2. The number of nitrogens with zero attached hydrogens (tertiary/aromatic N) is 1. The molecule has 1 aliphatic heterocycles. The number of benzene rings is 1. The first-order valence-electron chi connectivity index (χ1n) is 7.08. The molecule has 106 valence electrons. The molecule has 0 amide bonds. The van der Waals surface area contributed by atoms with Crippen molar-refractivity contribution in [2.24, 2.45) is 0 Å². The van der Waals surface area contributed by atoms with E-state index < -0.39 is 0 Å². The molecule has 1 N–H and O–H groups in total. The van der Waals surface area contributed by atoms with Crippen LogP contribution in [0.3, 0.4) is 0 Å². The Morgan fingerprint density at radius 1 is 1.37 bits per heavy atom. The lowest BCUT2D eigenvalue weighted by Gasteiger charge is -2.23. The van der Waals surface area contributed by atoms with Crippen LogP contribution in [0.4, 0.5) is 0 Å². The normalized spacial score (nSPS) is 21.3. The minimum Gasteiger partial charge on any atom is -0.313 e. The molecule has 0 aliphatic carbocycles. The second kappa shape index (κ2) is 7.49. The van der Waals surface area contributed by atoms with Crippen LogP contribution < -0.4 is 5.32 Å². The van der Waals surface area contributed by atoms with E-state index in [1.54, 1.807) is 0 Å². The van der Waals surface area contributed by atoms with Gasteiger partial charge in [0.1, 0.15) is 0 Å². The summed E-state index contributed by atoms with van der Waals surface area (Å²) >= 11 is 12.1.